The van der Waals surface area contributed by atoms with E-state index in [1.807, 2.05) is 13.0 Å². The highest BCUT2D eigenvalue weighted by molar-refractivity contribution is 6.32. The second-order valence-corrected chi connectivity index (χ2v) is 5.56. The van der Waals surface area contributed by atoms with Gasteiger partial charge in [-0.3, -0.25) is 0 Å². The number of hydrogen-bond donors (Lipinski definition) is 1. The number of nitrogens with zero attached hydrogens (tertiary/aromatic N) is 2. The summed E-state index contributed by atoms with van der Waals surface area (Å²) in [6.45, 7) is 8.24. The van der Waals surface area contributed by atoms with Crippen molar-refractivity contribution >= 4 is 28.3 Å². The highest BCUT2D eigenvalue weighted by Crippen LogP contribution is 2.27. The predicted octanol–water partition coefficient (Wildman–Crippen LogP) is 2.91. The van der Waals surface area contributed by atoms with Crippen molar-refractivity contribution in [1.82, 2.24) is 10.3 Å². The van der Waals surface area contributed by atoms with Gasteiger partial charge in [-0.15, -0.1) is 0 Å². The van der Waals surface area contributed by atoms with Crippen LogP contribution in [-0.4, -0.2) is 31.2 Å². The van der Waals surface area contributed by atoms with Crippen molar-refractivity contribution in [3.05, 3.63) is 34.3 Å². The number of piperazine rings is 1. The molecule has 100 valence electrons. The zero-order valence-corrected chi connectivity index (χ0v) is 12.1. The minimum Gasteiger partial charge on any atom is -0.354 e. The van der Waals surface area contributed by atoms with Crippen LogP contribution in [0.25, 0.3) is 10.9 Å². The molecule has 0 saturated carbocycles. The first kappa shape index (κ1) is 12.7. The Morgan fingerprint density at radius 2 is 1.84 bits per heavy atom. The fourth-order valence-corrected chi connectivity index (χ4v) is 2.72. The first-order chi connectivity index (χ1) is 9.15. The minimum atomic E-state index is 0.789. The van der Waals surface area contributed by atoms with Crippen LogP contribution in [0.4, 0.5) is 5.82 Å². The zero-order valence-electron chi connectivity index (χ0n) is 11.3. The molecule has 0 atom stereocenters. The van der Waals surface area contributed by atoms with Gasteiger partial charge in [0.25, 0.3) is 0 Å². The molecule has 0 spiro atoms. The third-order valence-electron chi connectivity index (χ3n) is 3.72. The van der Waals surface area contributed by atoms with Crippen molar-refractivity contribution in [2.75, 3.05) is 31.1 Å². The summed E-state index contributed by atoms with van der Waals surface area (Å²) in [5.74, 6) is 1.06. The van der Waals surface area contributed by atoms with Crippen molar-refractivity contribution in [2.24, 2.45) is 0 Å². The lowest BCUT2D eigenvalue weighted by atomic mass is 10.1. The maximum atomic E-state index is 6.21. The topological polar surface area (TPSA) is 28.2 Å². The number of aryl methyl sites for hydroxylation is 2. The molecule has 4 heteroatoms. The molecule has 3 nitrogen and oxygen atoms in total. The van der Waals surface area contributed by atoms with Crippen LogP contribution < -0.4 is 10.2 Å². The number of fused-ring (bicyclic) bond motifs is 1. The first-order valence-electron chi connectivity index (χ1n) is 6.68. The monoisotopic (exact) mass is 275 g/mol. The second-order valence-electron chi connectivity index (χ2n) is 5.15. The molecule has 1 aromatic heterocycles. The van der Waals surface area contributed by atoms with E-state index in [0.29, 0.717) is 0 Å². The number of benzene rings is 1. The molecule has 0 radical (unpaired) electrons. The normalized spacial score (nSPS) is 16.1. The molecule has 3 rings (SSSR count). The summed E-state index contributed by atoms with van der Waals surface area (Å²) < 4.78 is 0. The van der Waals surface area contributed by atoms with Crippen LogP contribution in [-0.2, 0) is 0 Å². The van der Waals surface area contributed by atoms with Crippen molar-refractivity contribution in [3.63, 3.8) is 0 Å². The van der Waals surface area contributed by atoms with Crippen molar-refractivity contribution in [2.45, 2.75) is 13.8 Å². The van der Waals surface area contributed by atoms with Crippen LogP contribution in [0.1, 0.15) is 11.1 Å². The van der Waals surface area contributed by atoms with E-state index in [1.54, 1.807) is 0 Å². The average molecular weight is 276 g/mol. The van der Waals surface area contributed by atoms with Crippen LogP contribution >= 0.6 is 11.6 Å². The molecule has 19 heavy (non-hydrogen) atoms. The molecule has 1 aliphatic heterocycles. The smallest absolute Gasteiger partial charge is 0.129 e. The Hall–Kier alpha value is -1.32. The van der Waals surface area contributed by atoms with Crippen molar-refractivity contribution in [1.29, 1.82) is 0 Å². The quantitative estimate of drug-likeness (QED) is 0.867. The number of aromatic nitrogens is 1. The number of anilines is 1. The highest BCUT2D eigenvalue weighted by atomic mass is 35.5. The number of pyridine rings is 1. The van der Waals surface area contributed by atoms with Crippen LogP contribution in [0.5, 0.6) is 0 Å². The van der Waals surface area contributed by atoms with Crippen LogP contribution in [0.15, 0.2) is 18.2 Å². The van der Waals surface area contributed by atoms with Gasteiger partial charge in [0.2, 0.25) is 0 Å². The van der Waals surface area contributed by atoms with E-state index in [1.165, 1.54) is 10.9 Å². The standard InChI is InChI=1S/C15H18ClN3/c1-10-8-15(19-5-3-17-4-6-19)18-14-9-13(16)11(2)7-12(10)14/h7-9,17H,3-6H2,1-2H3. The summed E-state index contributed by atoms with van der Waals surface area (Å²) >= 11 is 6.21. The van der Waals surface area contributed by atoms with Gasteiger partial charge in [-0.2, -0.15) is 0 Å². The van der Waals surface area contributed by atoms with Gasteiger partial charge in [0.05, 0.1) is 5.52 Å². The third-order valence-corrected chi connectivity index (χ3v) is 4.13. The largest absolute Gasteiger partial charge is 0.354 e. The summed E-state index contributed by atoms with van der Waals surface area (Å²) in [7, 11) is 0. The van der Waals surface area contributed by atoms with Gasteiger partial charge in [-0.05, 0) is 43.2 Å². The van der Waals surface area contributed by atoms with E-state index in [2.05, 4.69) is 29.3 Å². The Kier molecular flexibility index (Phi) is 3.33. The molecule has 0 aliphatic carbocycles. The summed E-state index contributed by atoms with van der Waals surface area (Å²) in [5.41, 5.74) is 3.36. The number of nitrogens with one attached hydrogen (secondary N) is 1. The molecule has 0 unspecified atom stereocenters. The number of halogens is 1. The van der Waals surface area contributed by atoms with E-state index in [9.17, 15) is 0 Å². The Morgan fingerprint density at radius 3 is 2.58 bits per heavy atom. The molecule has 2 heterocycles. The number of rotatable bonds is 1. The Labute approximate surface area is 118 Å². The second kappa shape index (κ2) is 4.99. The molecule has 2 aromatic rings. The van der Waals surface area contributed by atoms with Gasteiger partial charge in [-0.25, -0.2) is 4.98 Å². The minimum absolute atomic E-state index is 0.789. The lowest BCUT2D eigenvalue weighted by molar-refractivity contribution is 0.585. The van der Waals surface area contributed by atoms with Crippen LogP contribution in [0, 0.1) is 13.8 Å². The SMILES string of the molecule is Cc1cc2c(C)cc(N3CCNCC3)nc2cc1Cl. The van der Waals surface area contributed by atoms with Gasteiger partial charge in [0.15, 0.2) is 0 Å². The lowest BCUT2D eigenvalue weighted by Gasteiger charge is -2.29. The van der Waals surface area contributed by atoms with Gasteiger partial charge in [-0.1, -0.05) is 11.6 Å². The highest BCUT2D eigenvalue weighted by Gasteiger charge is 2.13. The van der Waals surface area contributed by atoms with Gasteiger partial charge >= 0.3 is 0 Å². The summed E-state index contributed by atoms with van der Waals surface area (Å²) in [4.78, 5) is 7.11. The maximum absolute atomic E-state index is 6.21. The van der Waals surface area contributed by atoms with Gasteiger partial charge < -0.3 is 10.2 Å². The van der Waals surface area contributed by atoms with E-state index in [4.69, 9.17) is 16.6 Å². The van der Waals surface area contributed by atoms with E-state index in [0.717, 1.165) is 48.1 Å². The van der Waals surface area contributed by atoms with Gasteiger partial charge in [0.1, 0.15) is 5.82 Å². The molecule has 1 aromatic carbocycles. The molecule has 1 N–H and O–H groups in total. The summed E-state index contributed by atoms with van der Waals surface area (Å²) in [5, 5.41) is 5.35. The van der Waals surface area contributed by atoms with Gasteiger partial charge in [0, 0.05) is 36.6 Å². The molecular weight excluding hydrogens is 258 g/mol. The Balaban J connectivity index is 2.10. The van der Waals surface area contributed by atoms with E-state index < -0.39 is 0 Å². The summed E-state index contributed by atoms with van der Waals surface area (Å²) in [6, 6.07) is 6.29. The van der Waals surface area contributed by atoms with E-state index >= 15 is 0 Å². The Morgan fingerprint density at radius 1 is 1.11 bits per heavy atom. The molecule has 1 saturated heterocycles. The lowest BCUT2D eigenvalue weighted by Crippen LogP contribution is -2.43. The molecule has 0 amide bonds. The maximum Gasteiger partial charge on any atom is 0.129 e. The molecule has 1 fully saturated rings. The fourth-order valence-electron chi connectivity index (χ4n) is 2.56. The predicted molar refractivity (Wildman–Crippen MR) is 81.3 cm³/mol. The van der Waals surface area contributed by atoms with E-state index in [-0.39, 0.29) is 0 Å². The molecular formula is C15H18ClN3. The number of hydrogen-bond acceptors (Lipinski definition) is 3. The Bertz CT molecular complexity index is 618. The zero-order chi connectivity index (χ0) is 13.4. The van der Waals surface area contributed by atoms with Crippen molar-refractivity contribution in [3.8, 4) is 0 Å². The third kappa shape index (κ3) is 2.40. The molecule has 1 aliphatic rings. The first-order valence-corrected chi connectivity index (χ1v) is 7.06. The van der Waals surface area contributed by atoms with Crippen LogP contribution in [0.3, 0.4) is 0 Å². The van der Waals surface area contributed by atoms with Crippen LogP contribution in [0.2, 0.25) is 5.02 Å². The average Bonchev–Trinajstić information content (AvgIpc) is 2.42. The molecule has 0 bridgehead atoms. The fraction of sp³-hybridized carbons (Fsp3) is 0.400. The van der Waals surface area contributed by atoms with Crippen molar-refractivity contribution < 1.29 is 0 Å². The summed E-state index contributed by atoms with van der Waals surface area (Å²) in [6.07, 6.45) is 0.